The number of benzene rings is 2. The number of nitriles is 1. The van der Waals surface area contributed by atoms with E-state index in [1.807, 2.05) is 0 Å². The average Bonchev–Trinajstić information content (AvgIpc) is 2.61. The van der Waals surface area contributed by atoms with Gasteiger partial charge >= 0.3 is 12.1 Å². The Morgan fingerprint density at radius 2 is 1.92 bits per heavy atom. The molecule has 1 amide bonds. The summed E-state index contributed by atoms with van der Waals surface area (Å²) in [5, 5.41) is 12.1. The second-order valence-corrected chi connectivity index (χ2v) is 5.19. The van der Waals surface area contributed by atoms with E-state index in [0.717, 1.165) is 0 Å². The van der Waals surface area contributed by atoms with Crippen LogP contribution in [0.1, 0.15) is 5.56 Å². The molecule has 126 valence electrons. The number of methoxy groups -OCH3 is 1. The maximum Gasteiger partial charge on any atom is 0.417 e. The summed E-state index contributed by atoms with van der Waals surface area (Å²) in [5.74, 6) is -0.489. The Morgan fingerprint density at radius 3 is 2.56 bits per heavy atom. The monoisotopic (exact) mass is 356 g/mol. The van der Waals surface area contributed by atoms with Crippen molar-refractivity contribution in [3.05, 3.63) is 64.7 Å². The maximum absolute atomic E-state index is 11.9. The summed E-state index contributed by atoms with van der Waals surface area (Å²) in [6.07, 6.45) is 0.660. The zero-order valence-electron chi connectivity index (χ0n) is 13.2. The highest BCUT2D eigenvalue weighted by atomic mass is 35.5. The van der Waals surface area contributed by atoms with E-state index >= 15 is 0 Å². The quantitative estimate of drug-likeness (QED) is 0.507. The zero-order valence-corrected chi connectivity index (χ0v) is 13.9. The number of carbonyl (C=O) groups excluding carboxylic acids is 2. The lowest BCUT2D eigenvalue weighted by molar-refractivity contribution is -0.135. The van der Waals surface area contributed by atoms with Crippen molar-refractivity contribution in [3.63, 3.8) is 0 Å². The Kier molecular flexibility index (Phi) is 6.15. The van der Waals surface area contributed by atoms with Crippen molar-refractivity contribution in [1.82, 2.24) is 0 Å². The van der Waals surface area contributed by atoms with E-state index in [0.29, 0.717) is 16.3 Å². The summed E-state index contributed by atoms with van der Waals surface area (Å²) >= 11 is 5.78. The van der Waals surface area contributed by atoms with Crippen molar-refractivity contribution >= 4 is 35.4 Å². The van der Waals surface area contributed by atoms with E-state index in [-0.39, 0.29) is 11.3 Å². The molecule has 25 heavy (non-hydrogen) atoms. The highest BCUT2D eigenvalue weighted by Crippen LogP contribution is 2.18. The lowest BCUT2D eigenvalue weighted by Crippen LogP contribution is -2.16. The molecule has 0 radical (unpaired) electrons. The first-order chi connectivity index (χ1) is 12.0. The number of amides is 1. The van der Waals surface area contributed by atoms with Crippen LogP contribution in [0.25, 0.3) is 6.08 Å². The Bertz CT molecular complexity index is 854. The van der Waals surface area contributed by atoms with E-state index < -0.39 is 12.1 Å². The van der Waals surface area contributed by atoms with Gasteiger partial charge in [-0.15, -0.1) is 0 Å². The molecule has 0 bridgehead atoms. The molecular formula is C18H13ClN2O4. The molecule has 7 heteroatoms. The van der Waals surface area contributed by atoms with Gasteiger partial charge in [-0.1, -0.05) is 23.7 Å². The first-order valence-corrected chi connectivity index (χ1v) is 7.44. The number of ether oxygens (including phenoxy) is 2. The average molecular weight is 357 g/mol. The fraction of sp³-hybridized carbons (Fsp3) is 0.0556. The molecule has 2 aromatic rings. The number of hydrogen-bond donors (Lipinski definition) is 1. The van der Waals surface area contributed by atoms with E-state index in [4.69, 9.17) is 21.6 Å². The van der Waals surface area contributed by atoms with Crippen LogP contribution in [0, 0.1) is 11.3 Å². The van der Waals surface area contributed by atoms with E-state index in [9.17, 15) is 9.59 Å². The number of rotatable bonds is 4. The molecule has 1 N–H and O–H groups in total. The van der Waals surface area contributed by atoms with Gasteiger partial charge < -0.3 is 9.47 Å². The molecule has 6 nitrogen and oxygen atoms in total. The molecule has 0 saturated heterocycles. The standard InChI is InChI=1S/C18H13ClN2O4/c1-24-17(22)13(11-20)9-12-3-2-4-16(10-12)25-18(23)21-15-7-5-14(19)6-8-15/h2-10H,1H3,(H,21,23)/b13-9+. The van der Waals surface area contributed by atoms with Crippen LogP contribution in [0.3, 0.4) is 0 Å². The van der Waals surface area contributed by atoms with Crippen molar-refractivity contribution < 1.29 is 19.1 Å². The fourth-order valence-corrected chi connectivity index (χ4v) is 1.99. The third-order valence-corrected chi connectivity index (χ3v) is 3.25. The van der Waals surface area contributed by atoms with Gasteiger partial charge in [0.1, 0.15) is 17.4 Å². The van der Waals surface area contributed by atoms with Crippen molar-refractivity contribution in [3.8, 4) is 11.8 Å². The van der Waals surface area contributed by atoms with Crippen LogP contribution >= 0.6 is 11.6 Å². The van der Waals surface area contributed by atoms with Crippen molar-refractivity contribution in [2.24, 2.45) is 0 Å². The molecule has 0 spiro atoms. The molecule has 2 rings (SSSR count). The number of carbonyl (C=O) groups is 2. The summed E-state index contributed by atoms with van der Waals surface area (Å²) < 4.78 is 9.69. The number of nitrogens with one attached hydrogen (secondary N) is 1. The van der Waals surface area contributed by atoms with Crippen LogP contribution in [-0.4, -0.2) is 19.2 Å². The topological polar surface area (TPSA) is 88.4 Å². The Morgan fingerprint density at radius 1 is 1.20 bits per heavy atom. The van der Waals surface area contributed by atoms with E-state index in [1.54, 1.807) is 48.5 Å². The van der Waals surface area contributed by atoms with Gasteiger partial charge in [0.2, 0.25) is 0 Å². The van der Waals surface area contributed by atoms with Gasteiger partial charge in [0.15, 0.2) is 0 Å². The maximum atomic E-state index is 11.9. The highest BCUT2D eigenvalue weighted by molar-refractivity contribution is 6.30. The van der Waals surface area contributed by atoms with Gasteiger partial charge in [-0.25, -0.2) is 9.59 Å². The minimum absolute atomic E-state index is 0.162. The highest BCUT2D eigenvalue weighted by Gasteiger charge is 2.10. The van der Waals surface area contributed by atoms with Crippen LogP contribution in [0.5, 0.6) is 5.75 Å². The zero-order chi connectivity index (χ0) is 18.2. The Balaban J connectivity index is 2.09. The minimum atomic E-state index is -0.741. The van der Waals surface area contributed by atoms with Crippen LogP contribution in [-0.2, 0) is 9.53 Å². The van der Waals surface area contributed by atoms with Crippen LogP contribution in [0.15, 0.2) is 54.1 Å². The molecule has 2 aromatic carbocycles. The molecule has 0 aromatic heterocycles. The summed E-state index contributed by atoms with van der Waals surface area (Å²) in [4.78, 5) is 23.3. The molecular weight excluding hydrogens is 344 g/mol. The van der Waals surface area contributed by atoms with Gasteiger partial charge in [0.05, 0.1) is 7.11 Å². The van der Waals surface area contributed by atoms with Crippen LogP contribution < -0.4 is 10.1 Å². The lowest BCUT2D eigenvalue weighted by Gasteiger charge is -2.07. The first-order valence-electron chi connectivity index (χ1n) is 7.06. The molecule has 0 aliphatic carbocycles. The van der Waals surface area contributed by atoms with E-state index in [2.05, 4.69) is 10.1 Å². The summed E-state index contributed by atoms with van der Waals surface area (Å²) in [6, 6.07) is 14.7. The van der Waals surface area contributed by atoms with Gasteiger partial charge in [0.25, 0.3) is 0 Å². The third kappa shape index (κ3) is 5.37. The molecule has 0 heterocycles. The summed E-state index contributed by atoms with van der Waals surface area (Å²) in [6.45, 7) is 0. The van der Waals surface area contributed by atoms with Crippen molar-refractivity contribution in [2.75, 3.05) is 12.4 Å². The molecule has 0 saturated carbocycles. The number of halogens is 1. The van der Waals surface area contributed by atoms with Crippen LogP contribution in [0.4, 0.5) is 10.5 Å². The third-order valence-electron chi connectivity index (χ3n) is 3.00. The summed E-state index contributed by atoms with van der Waals surface area (Å²) in [7, 11) is 1.19. The summed E-state index contributed by atoms with van der Waals surface area (Å²) in [5.41, 5.74) is 0.881. The predicted octanol–water partition coefficient (Wildman–Crippen LogP) is 4.03. The van der Waals surface area contributed by atoms with Crippen LogP contribution in [0.2, 0.25) is 5.02 Å². The SMILES string of the molecule is COC(=O)/C(C#N)=C/c1cccc(OC(=O)Nc2ccc(Cl)cc2)c1. The Labute approximate surface area is 149 Å². The van der Waals surface area contributed by atoms with Gasteiger partial charge in [-0.05, 0) is 48.0 Å². The van der Waals surface area contributed by atoms with Gasteiger partial charge in [0, 0.05) is 10.7 Å². The first kappa shape index (κ1) is 18.0. The van der Waals surface area contributed by atoms with E-state index in [1.165, 1.54) is 19.3 Å². The molecule has 0 unspecified atom stereocenters. The molecule has 0 aliphatic rings. The van der Waals surface area contributed by atoms with Gasteiger partial charge in [-0.2, -0.15) is 5.26 Å². The fourth-order valence-electron chi connectivity index (χ4n) is 1.86. The minimum Gasteiger partial charge on any atom is -0.465 e. The largest absolute Gasteiger partial charge is 0.465 e. The second kappa shape index (κ2) is 8.52. The number of hydrogen-bond acceptors (Lipinski definition) is 5. The number of esters is 1. The number of nitrogens with zero attached hydrogens (tertiary/aromatic N) is 1. The lowest BCUT2D eigenvalue weighted by atomic mass is 10.1. The second-order valence-electron chi connectivity index (χ2n) is 4.76. The number of anilines is 1. The normalized spacial score (nSPS) is 10.5. The molecule has 0 fully saturated rings. The smallest absolute Gasteiger partial charge is 0.417 e. The predicted molar refractivity (Wildman–Crippen MR) is 93.1 cm³/mol. The molecule has 0 aliphatic heterocycles. The molecule has 0 atom stereocenters. The Hall–Kier alpha value is -3.30. The van der Waals surface area contributed by atoms with Crippen molar-refractivity contribution in [1.29, 1.82) is 5.26 Å². The van der Waals surface area contributed by atoms with Crippen molar-refractivity contribution in [2.45, 2.75) is 0 Å². The van der Waals surface area contributed by atoms with Gasteiger partial charge in [-0.3, -0.25) is 5.32 Å².